The molecule has 2 aromatic heterocycles. The van der Waals surface area contributed by atoms with Crippen LogP contribution in [0.3, 0.4) is 0 Å². The Kier molecular flexibility index (Phi) is 6.02. The van der Waals surface area contributed by atoms with Crippen molar-refractivity contribution >= 4 is 12.4 Å². The molecule has 2 aliphatic heterocycles. The molecule has 4 unspecified atom stereocenters. The lowest BCUT2D eigenvalue weighted by Gasteiger charge is -2.39. The Labute approximate surface area is 323 Å². The molecule has 4 saturated carbocycles. The fourth-order valence-electron chi connectivity index (χ4n) is 15.5. The van der Waals surface area contributed by atoms with Gasteiger partial charge in [-0.15, -0.1) is 0 Å². The summed E-state index contributed by atoms with van der Waals surface area (Å²) in [7, 11) is 0. The highest BCUT2D eigenvalue weighted by atomic mass is 16.1. The topological polar surface area (TPSA) is 53.9 Å². The quantitative estimate of drug-likeness (QED) is 0.167. The highest BCUT2D eigenvalue weighted by Crippen LogP contribution is 2.59. The van der Waals surface area contributed by atoms with E-state index in [1.807, 2.05) is 0 Å². The van der Waals surface area contributed by atoms with E-state index in [9.17, 15) is 0 Å². The van der Waals surface area contributed by atoms with E-state index in [1.165, 1.54) is 122 Å². The van der Waals surface area contributed by atoms with Crippen LogP contribution in [0, 0.1) is 65.2 Å². The minimum absolute atomic E-state index is 0.172. The summed E-state index contributed by atoms with van der Waals surface area (Å²) < 4.78 is 9.15. The number of rotatable bonds is 2. The fraction of sp³-hybridized carbons (Fsp3) is 0.500. The predicted octanol–water partition coefficient (Wildman–Crippen LogP) is 8.98. The molecule has 3 aromatic carbocycles. The summed E-state index contributed by atoms with van der Waals surface area (Å²) in [6.45, 7) is 13.0. The molecule has 8 aliphatic carbocycles. The average Bonchev–Trinajstić information content (AvgIpc) is 3.72. The lowest BCUT2D eigenvalue weighted by molar-refractivity contribution is 0.163. The van der Waals surface area contributed by atoms with E-state index in [0.717, 1.165) is 36.8 Å². The Bertz CT molecular complexity index is 2500. The monoisotopic (exact) mass is 726 g/mol. The molecule has 5 aromatic rings. The third-order valence-corrected chi connectivity index (χ3v) is 16.5. The second-order valence-corrected chi connectivity index (χ2v) is 20.1. The van der Waals surface area contributed by atoms with E-state index in [4.69, 9.17) is 0 Å². The molecule has 0 saturated heterocycles. The molecule has 15 rings (SSSR count). The molecule has 55 heavy (non-hydrogen) atoms. The van der Waals surface area contributed by atoms with Crippen LogP contribution >= 0.6 is 0 Å². The molecular formula is C48H51BN4O2. The van der Waals surface area contributed by atoms with Crippen LogP contribution in [-0.4, -0.2) is 25.5 Å². The van der Waals surface area contributed by atoms with Crippen molar-refractivity contribution in [3.63, 3.8) is 0 Å². The Hall–Kier alpha value is -4.26. The summed E-state index contributed by atoms with van der Waals surface area (Å²) in [5, 5.41) is 0. The van der Waals surface area contributed by atoms with Gasteiger partial charge in [-0.05, 0) is 181 Å². The maximum Gasteiger partial charge on any atom is 0.462 e. The second-order valence-electron chi connectivity index (χ2n) is 20.1. The minimum Gasteiger partial charge on any atom is -0.269 e. The first-order chi connectivity index (χ1) is 26.5. The van der Waals surface area contributed by atoms with Gasteiger partial charge in [0.15, 0.2) is 0 Å². The van der Waals surface area contributed by atoms with E-state index in [2.05, 4.69) is 90.4 Å². The number of hydrogen-bond donors (Lipinski definition) is 0. The van der Waals surface area contributed by atoms with Crippen LogP contribution in [0.15, 0.2) is 39.9 Å². The Morgan fingerprint density at radius 2 is 0.818 bits per heavy atom. The molecule has 0 N–H and O–H groups in total. The molecule has 278 valence electrons. The summed E-state index contributed by atoms with van der Waals surface area (Å²) in [6.07, 6.45) is 12.0. The minimum atomic E-state index is -0.481. The zero-order chi connectivity index (χ0) is 37.1. The van der Waals surface area contributed by atoms with Crippen molar-refractivity contribution < 1.29 is 0 Å². The SMILES string of the molecule is Cc1cc(C)c(-c2cc(-c3c(C)cc(C)cc3C)c3c4c2-n2c5c(c(=O)n2B4n2c(=O)c4c(n2-3)C2CC3CC(CC4C3)C2)C2CC3CC(C2)CC5C3)c(C)c1. The summed E-state index contributed by atoms with van der Waals surface area (Å²) in [5.74, 6) is 4.28. The maximum atomic E-state index is 15.6. The van der Waals surface area contributed by atoms with Crippen molar-refractivity contribution in [2.24, 2.45) is 23.7 Å². The van der Waals surface area contributed by atoms with Gasteiger partial charge < -0.3 is 0 Å². The van der Waals surface area contributed by atoms with E-state index >= 15 is 9.59 Å². The van der Waals surface area contributed by atoms with Crippen LogP contribution in [0.25, 0.3) is 33.6 Å². The van der Waals surface area contributed by atoms with Crippen molar-refractivity contribution in [2.75, 3.05) is 0 Å². The van der Waals surface area contributed by atoms with Gasteiger partial charge in [0.05, 0.1) is 22.8 Å². The van der Waals surface area contributed by atoms with E-state index < -0.39 is 6.98 Å². The van der Waals surface area contributed by atoms with Crippen molar-refractivity contribution in [1.29, 1.82) is 0 Å². The molecule has 0 spiro atoms. The molecule has 4 heterocycles. The predicted molar refractivity (Wildman–Crippen MR) is 220 cm³/mol. The number of aryl methyl sites for hydroxylation is 6. The molecule has 0 radical (unpaired) electrons. The van der Waals surface area contributed by atoms with Crippen LogP contribution < -0.4 is 16.6 Å². The van der Waals surface area contributed by atoms with Crippen LogP contribution in [0.2, 0.25) is 0 Å². The highest BCUT2D eigenvalue weighted by molar-refractivity contribution is 6.75. The fourth-order valence-corrected chi connectivity index (χ4v) is 15.5. The van der Waals surface area contributed by atoms with Gasteiger partial charge >= 0.3 is 6.98 Å². The summed E-state index contributed by atoms with van der Waals surface area (Å²) in [4.78, 5) is 31.2. The van der Waals surface area contributed by atoms with E-state index in [-0.39, 0.29) is 11.1 Å². The molecule has 4 fully saturated rings. The number of hydrogen-bond acceptors (Lipinski definition) is 2. The zero-order valence-electron chi connectivity index (χ0n) is 33.3. The first kappa shape index (κ1) is 31.9. The van der Waals surface area contributed by atoms with Gasteiger partial charge in [0.25, 0.3) is 11.1 Å². The van der Waals surface area contributed by atoms with Crippen LogP contribution in [0.1, 0.15) is 144 Å². The van der Waals surface area contributed by atoms with Crippen molar-refractivity contribution in [3.8, 4) is 33.6 Å². The first-order valence-electron chi connectivity index (χ1n) is 21.7. The Balaban J connectivity index is 1.22. The molecule has 4 atom stereocenters. The number of benzene rings is 3. The van der Waals surface area contributed by atoms with Gasteiger partial charge in [0.2, 0.25) is 0 Å². The number of fused-ring (bicyclic) bond motifs is 6. The third kappa shape index (κ3) is 3.84. The zero-order valence-corrected chi connectivity index (χ0v) is 33.3. The summed E-state index contributed by atoms with van der Waals surface area (Å²) in [6, 6.07) is 11.8. The second kappa shape index (κ2) is 10.4. The maximum absolute atomic E-state index is 15.6. The van der Waals surface area contributed by atoms with Gasteiger partial charge in [-0.25, -0.2) is 0 Å². The third-order valence-electron chi connectivity index (χ3n) is 16.5. The Morgan fingerprint density at radius 3 is 1.18 bits per heavy atom. The van der Waals surface area contributed by atoms with Crippen LogP contribution in [0.5, 0.6) is 0 Å². The summed E-state index contributed by atoms with van der Waals surface area (Å²) in [5.41, 5.74) is 21.2. The molecule has 0 amide bonds. The van der Waals surface area contributed by atoms with E-state index in [0.29, 0.717) is 47.3 Å². The molecule has 7 heteroatoms. The lowest BCUT2D eigenvalue weighted by atomic mass is 9.66. The number of nitrogens with zero attached hydrogens (tertiary/aromatic N) is 4. The molecule has 8 bridgehead atoms. The van der Waals surface area contributed by atoms with Gasteiger partial charge in [-0.2, -0.15) is 0 Å². The van der Waals surface area contributed by atoms with Gasteiger partial charge in [0, 0.05) is 39.6 Å². The molecule has 6 nitrogen and oxygen atoms in total. The number of aromatic nitrogens is 4. The van der Waals surface area contributed by atoms with Crippen LogP contribution in [0.4, 0.5) is 0 Å². The largest absolute Gasteiger partial charge is 0.462 e. The van der Waals surface area contributed by atoms with Gasteiger partial charge in [0.1, 0.15) is 0 Å². The lowest BCUT2D eigenvalue weighted by Crippen LogP contribution is -2.49. The Morgan fingerprint density at radius 1 is 0.473 bits per heavy atom. The molecular weight excluding hydrogens is 675 g/mol. The van der Waals surface area contributed by atoms with Gasteiger partial charge in [-0.3, -0.25) is 28.1 Å². The normalized spacial score (nSPS) is 29.4. The summed E-state index contributed by atoms with van der Waals surface area (Å²) >= 11 is 0. The highest BCUT2D eigenvalue weighted by Gasteiger charge is 2.57. The van der Waals surface area contributed by atoms with E-state index in [1.54, 1.807) is 0 Å². The smallest absolute Gasteiger partial charge is 0.269 e. The standard InChI is InChI=1S/C48H51BN4O2/c1-22-7-24(3)38(25(4)8-22)36-21-37(39-26(5)9-23(2)10-27(39)6)46-42-45(36)50-43-34-17-28-11-29(18-34)14-32(13-28)40(43)47(54)52(50)49(42)53-48(55)41-33-15-30-12-31(16-33)20-35(19-30)44(41)51(46)53/h7-10,21,28-35H,11-20H2,1-6H3. The van der Waals surface area contributed by atoms with Crippen molar-refractivity contribution in [1.82, 2.24) is 18.5 Å². The van der Waals surface area contributed by atoms with Crippen LogP contribution in [-0.2, 0) is 0 Å². The molecule has 10 aliphatic rings. The van der Waals surface area contributed by atoms with Gasteiger partial charge in [-0.1, -0.05) is 35.4 Å². The van der Waals surface area contributed by atoms with Crippen molar-refractivity contribution in [2.45, 2.75) is 129 Å². The first-order valence-corrected chi connectivity index (χ1v) is 21.7. The average molecular weight is 727 g/mol. The van der Waals surface area contributed by atoms with Crippen molar-refractivity contribution in [3.05, 3.63) is 107 Å².